The molecule has 6 nitrogen and oxygen atoms in total. The molecule has 6 heteroatoms. The molecule has 0 unspecified atom stereocenters. The molecule has 1 atom stereocenters. The van der Waals surface area contributed by atoms with Crippen LogP contribution in [-0.4, -0.2) is 37.2 Å². The smallest absolute Gasteiger partial charge is 0.306 e. The average Bonchev–Trinajstić information content (AvgIpc) is 3.33. The van der Waals surface area contributed by atoms with Gasteiger partial charge in [0.15, 0.2) is 6.10 Å². The highest BCUT2D eigenvalue weighted by Crippen LogP contribution is 2.18. The monoisotopic (exact) mass is 945 g/mol. The quantitative estimate of drug-likeness (QED) is 0.0262. The molecule has 0 aliphatic carbocycles. The van der Waals surface area contributed by atoms with Gasteiger partial charge < -0.3 is 14.2 Å². The van der Waals surface area contributed by atoms with E-state index in [0.717, 1.165) is 64.2 Å². The van der Waals surface area contributed by atoms with Crippen LogP contribution in [0.25, 0.3) is 0 Å². The van der Waals surface area contributed by atoms with Crippen molar-refractivity contribution >= 4 is 17.9 Å². The summed E-state index contributed by atoms with van der Waals surface area (Å²) in [6.07, 6.45) is 64.9. The van der Waals surface area contributed by atoms with Crippen LogP contribution in [0.3, 0.4) is 0 Å². The summed E-state index contributed by atoms with van der Waals surface area (Å²) < 4.78 is 16.9. The van der Waals surface area contributed by atoms with E-state index in [1.54, 1.807) is 0 Å². The Hall–Kier alpha value is -1.85. The molecule has 0 heterocycles. The molecule has 0 aliphatic heterocycles. The Morgan fingerprint density at radius 3 is 0.746 bits per heavy atom. The molecule has 0 aromatic heterocycles. The van der Waals surface area contributed by atoms with Gasteiger partial charge in [-0.25, -0.2) is 0 Å². The lowest BCUT2D eigenvalue weighted by Gasteiger charge is -2.18. The van der Waals surface area contributed by atoms with Gasteiger partial charge in [0, 0.05) is 19.3 Å². The summed E-state index contributed by atoms with van der Waals surface area (Å²) in [5.41, 5.74) is 0. The minimum Gasteiger partial charge on any atom is -0.462 e. The fraction of sp³-hybridized carbons (Fsp3) is 0.918. The highest BCUT2D eigenvalue weighted by molar-refractivity contribution is 5.71. The van der Waals surface area contributed by atoms with Gasteiger partial charge in [0.05, 0.1) is 0 Å². The van der Waals surface area contributed by atoms with Crippen LogP contribution in [0.2, 0.25) is 0 Å². The van der Waals surface area contributed by atoms with Crippen LogP contribution < -0.4 is 0 Å². The predicted octanol–water partition coefficient (Wildman–Crippen LogP) is 20.1. The molecule has 0 N–H and O–H groups in total. The normalized spacial score (nSPS) is 12.0. The number of rotatable bonds is 56. The van der Waals surface area contributed by atoms with Gasteiger partial charge in [-0.1, -0.05) is 290 Å². The maximum atomic E-state index is 12.9. The average molecular weight is 946 g/mol. The van der Waals surface area contributed by atoms with Gasteiger partial charge in [-0.2, -0.15) is 0 Å². The first-order valence-corrected chi connectivity index (χ1v) is 30.2. The van der Waals surface area contributed by atoms with Crippen molar-refractivity contribution in [3.05, 3.63) is 12.2 Å². The lowest BCUT2D eigenvalue weighted by atomic mass is 10.0. The van der Waals surface area contributed by atoms with Crippen molar-refractivity contribution in [3.63, 3.8) is 0 Å². The molecule has 0 aromatic rings. The molecule has 67 heavy (non-hydrogen) atoms. The van der Waals surface area contributed by atoms with E-state index in [0.29, 0.717) is 19.3 Å². The minimum absolute atomic E-state index is 0.0662. The molecule has 0 aliphatic rings. The third-order valence-electron chi connectivity index (χ3n) is 13.8. The van der Waals surface area contributed by atoms with Gasteiger partial charge in [-0.15, -0.1) is 0 Å². The Balaban J connectivity index is 4.30. The van der Waals surface area contributed by atoms with Crippen LogP contribution in [0.15, 0.2) is 12.2 Å². The van der Waals surface area contributed by atoms with Crippen LogP contribution in [0, 0.1) is 0 Å². The Labute approximate surface area is 418 Å². The molecule has 0 saturated carbocycles. The van der Waals surface area contributed by atoms with E-state index in [-0.39, 0.29) is 31.1 Å². The number of hydrogen-bond acceptors (Lipinski definition) is 6. The summed E-state index contributed by atoms with van der Waals surface area (Å²) in [7, 11) is 0. The molecule has 0 amide bonds. The molecule has 0 saturated heterocycles. The molecular formula is C61H116O6. The fourth-order valence-electron chi connectivity index (χ4n) is 9.21. The second kappa shape index (κ2) is 56.7. The third-order valence-corrected chi connectivity index (χ3v) is 13.8. The summed E-state index contributed by atoms with van der Waals surface area (Å²) in [6.45, 7) is 6.69. The maximum absolute atomic E-state index is 12.9. The maximum Gasteiger partial charge on any atom is 0.306 e. The second-order valence-electron chi connectivity index (χ2n) is 20.6. The number of carbonyl (C=O) groups excluding carboxylic acids is 3. The fourth-order valence-corrected chi connectivity index (χ4v) is 9.21. The molecule has 0 aromatic carbocycles. The molecule has 0 rings (SSSR count). The highest BCUT2D eigenvalue weighted by Gasteiger charge is 2.19. The third kappa shape index (κ3) is 55.0. The predicted molar refractivity (Wildman–Crippen MR) is 289 cm³/mol. The van der Waals surface area contributed by atoms with E-state index >= 15 is 0 Å². The zero-order chi connectivity index (χ0) is 48.6. The van der Waals surface area contributed by atoms with Crippen molar-refractivity contribution in [3.8, 4) is 0 Å². The summed E-state index contributed by atoms with van der Waals surface area (Å²) in [5, 5.41) is 0. The van der Waals surface area contributed by atoms with Crippen molar-refractivity contribution in [2.24, 2.45) is 0 Å². The lowest BCUT2D eigenvalue weighted by Crippen LogP contribution is -2.30. The van der Waals surface area contributed by atoms with Gasteiger partial charge in [0.2, 0.25) is 0 Å². The van der Waals surface area contributed by atoms with Crippen LogP contribution in [0.5, 0.6) is 0 Å². The van der Waals surface area contributed by atoms with Crippen LogP contribution in [-0.2, 0) is 28.6 Å². The SMILES string of the molecule is CCCCCCC/C=C\CCCCCCCC(=O)OC[C@H](COC(=O)CCCCCCCCCCCCCCCCCCCC)OC(=O)CCCCCCCCCCCCCCCCCCC. The van der Waals surface area contributed by atoms with Crippen molar-refractivity contribution in [2.45, 2.75) is 348 Å². The number of esters is 3. The Morgan fingerprint density at radius 1 is 0.284 bits per heavy atom. The molecule has 396 valence electrons. The summed E-state index contributed by atoms with van der Waals surface area (Å²) in [6, 6.07) is 0. The van der Waals surface area contributed by atoms with E-state index in [4.69, 9.17) is 14.2 Å². The van der Waals surface area contributed by atoms with Crippen molar-refractivity contribution in [1.82, 2.24) is 0 Å². The second-order valence-corrected chi connectivity index (χ2v) is 20.6. The first-order chi connectivity index (χ1) is 33.0. The molecule has 0 fully saturated rings. The van der Waals surface area contributed by atoms with Crippen LogP contribution >= 0.6 is 0 Å². The van der Waals surface area contributed by atoms with Crippen molar-refractivity contribution in [1.29, 1.82) is 0 Å². The van der Waals surface area contributed by atoms with E-state index in [1.807, 2.05) is 0 Å². The number of ether oxygens (including phenoxy) is 3. The molecule has 0 radical (unpaired) electrons. The number of allylic oxidation sites excluding steroid dienone is 2. The van der Waals surface area contributed by atoms with Crippen molar-refractivity contribution in [2.75, 3.05) is 13.2 Å². The number of hydrogen-bond donors (Lipinski definition) is 0. The largest absolute Gasteiger partial charge is 0.462 e. The molecule has 0 spiro atoms. The van der Waals surface area contributed by atoms with E-state index in [1.165, 1.54) is 238 Å². The van der Waals surface area contributed by atoms with Crippen LogP contribution in [0.4, 0.5) is 0 Å². The number of carbonyl (C=O) groups is 3. The number of unbranched alkanes of at least 4 members (excludes halogenated alkanes) is 43. The van der Waals surface area contributed by atoms with Gasteiger partial charge >= 0.3 is 17.9 Å². The molecular weight excluding hydrogens is 829 g/mol. The molecule has 0 bridgehead atoms. The van der Waals surface area contributed by atoms with Gasteiger partial charge in [-0.3, -0.25) is 14.4 Å². The van der Waals surface area contributed by atoms with Gasteiger partial charge in [-0.05, 0) is 44.9 Å². The minimum atomic E-state index is -0.768. The zero-order valence-electron chi connectivity index (χ0n) is 45.5. The van der Waals surface area contributed by atoms with Gasteiger partial charge in [0.25, 0.3) is 0 Å². The summed E-state index contributed by atoms with van der Waals surface area (Å²) in [5.74, 6) is -0.848. The first-order valence-electron chi connectivity index (χ1n) is 30.2. The van der Waals surface area contributed by atoms with Crippen LogP contribution in [0.1, 0.15) is 342 Å². The highest BCUT2D eigenvalue weighted by atomic mass is 16.6. The van der Waals surface area contributed by atoms with Gasteiger partial charge in [0.1, 0.15) is 13.2 Å². The van der Waals surface area contributed by atoms with E-state index in [2.05, 4.69) is 32.9 Å². The Kier molecular flexibility index (Phi) is 55.2. The zero-order valence-corrected chi connectivity index (χ0v) is 45.5. The van der Waals surface area contributed by atoms with E-state index < -0.39 is 6.10 Å². The standard InChI is InChI=1S/C61H116O6/c1-4-7-10-13-16-19-22-25-28-30-32-33-36-39-42-45-48-51-54-60(63)66-57-58(56-65-59(62)53-50-47-44-41-38-35-27-24-21-18-15-12-9-6-3)67-61(64)55-52-49-46-43-40-37-34-31-29-26-23-20-17-14-11-8-5-2/h24,27,58H,4-23,25-26,28-57H2,1-3H3/b27-24-/t58-/m1/s1. The Bertz CT molecular complexity index is 1040. The first kappa shape index (κ1) is 65.1. The lowest BCUT2D eigenvalue weighted by molar-refractivity contribution is -0.167. The van der Waals surface area contributed by atoms with E-state index in [9.17, 15) is 14.4 Å². The Morgan fingerprint density at radius 2 is 0.493 bits per heavy atom. The summed E-state index contributed by atoms with van der Waals surface area (Å²) >= 11 is 0. The topological polar surface area (TPSA) is 78.9 Å². The summed E-state index contributed by atoms with van der Waals surface area (Å²) in [4.78, 5) is 38.2. The van der Waals surface area contributed by atoms with Crippen molar-refractivity contribution < 1.29 is 28.6 Å².